The smallest absolute Gasteiger partial charge is 0.0705 e. The molecule has 17 heavy (non-hydrogen) atoms. The number of hydrogen-bond acceptors (Lipinski definition) is 1. The largest absolute Gasteiger partial charge is 0.256 e. The number of aromatic nitrogens is 1. The molecule has 2 rings (SSSR count). The molecular weight excluding hydrogens is 206 g/mol. The molecule has 0 aliphatic carbocycles. The first kappa shape index (κ1) is 12.1. The van der Waals surface area contributed by atoms with Gasteiger partial charge in [-0.05, 0) is 34.6 Å². The quantitative estimate of drug-likeness (QED) is 0.690. The van der Waals surface area contributed by atoms with Crippen LogP contribution in [-0.4, -0.2) is 4.98 Å². The van der Waals surface area contributed by atoms with Crippen LogP contribution in [0.1, 0.15) is 51.7 Å². The Morgan fingerprint density at radius 1 is 1.12 bits per heavy atom. The summed E-state index contributed by atoms with van der Waals surface area (Å²) in [6.07, 6.45) is 2.00. The minimum absolute atomic E-state index is 0.163. The average Bonchev–Trinajstić information content (AvgIpc) is 2.26. The van der Waals surface area contributed by atoms with E-state index in [2.05, 4.69) is 63.9 Å². The van der Waals surface area contributed by atoms with Gasteiger partial charge in [0.25, 0.3) is 0 Å². The second-order valence-electron chi connectivity index (χ2n) is 6.05. The summed E-state index contributed by atoms with van der Waals surface area (Å²) < 4.78 is 0. The molecule has 1 heterocycles. The first-order valence-corrected chi connectivity index (χ1v) is 6.29. The van der Waals surface area contributed by atoms with Crippen LogP contribution in [0.25, 0.3) is 10.9 Å². The minimum atomic E-state index is 0.163. The van der Waals surface area contributed by atoms with Crippen LogP contribution >= 0.6 is 0 Å². The van der Waals surface area contributed by atoms with Crippen LogP contribution < -0.4 is 0 Å². The van der Waals surface area contributed by atoms with Gasteiger partial charge in [0.05, 0.1) is 5.52 Å². The van der Waals surface area contributed by atoms with Gasteiger partial charge in [0.2, 0.25) is 0 Å². The van der Waals surface area contributed by atoms with E-state index in [0.29, 0.717) is 5.92 Å². The first-order valence-electron chi connectivity index (χ1n) is 6.29. The highest BCUT2D eigenvalue weighted by atomic mass is 14.7. The molecule has 0 bridgehead atoms. The highest BCUT2D eigenvalue weighted by Crippen LogP contribution is 2.30. The van der Waals surface area contributed by atoms with Crippen LogP contribution in [0.3, 0.4) is 0 Å². The van der Waals surface area contributed by atoms with E-state index >= 15 is 0 Å². The Morgan fingerprint density at radius 2 is 1.82 bits per heavy atom. The van der Waals surface area contributed by atoms with Crippen LogP contribution in [-0.2, 0) is 5.41 Å². The summed E-state index contributed by atoms with van der Waals surface area (Å²) >= 11 is 0. The van der Waals surface area contributed by atoms with Gasteiger partial charge in [0, 0.05) is 11.6 Å². The Kier molecular flexibility index (Phi) is 2.94. The fourth-order valence-electron chi connectivity index (χ4n) is 2.14. The molecule has 0 saturated carbocycles. The standard InChI is InChI=1S/C16H21N/c1-11(2)12-9-13-14(16(3,4)5)7-6-8-15(13)17-10-12/h6-11H,1-5H3. The normalized spacial score (nSPS) is 12.4. The molecule has 1 heteroatoms. The van der Waals surface area contributed by atoms with Gasteiger partial charge in [-0.2, -0.15) is 0 Å². The monoisotopic (exact) mass is 227 g/mol. The van der Waals surface area contributed by atoms with Crippen LogP contribution in [0.15, 0.2) is 30.5 Å². The van der Waals surface area contributed by atoms with Crippen LogP contribution in [0, 0.1) is 0 Å². The van der Waals surface area contributed by atoms with Gasteiger partial charge >= 0.3 is 0 Å². The molecule has 0 unspecified atom stereocenters. The van der Waals surface area contributed by atoms with E-state index in [-0.39, 0.29) is 5.41 Å². The predicted octanol–water partition coefficient (Wildman–Crippen LogP) is 4.66. The minimum Gasteiger partial charge on any atom is -0.256 e. The fourth-order valence-corrected chi connectivity index (χ4v) is 2.14. The zero-order valence-corrected chi connectivity index (χ0v) is 11.4. The third kappa shape index (κ3) is 2.33. The Balaban J connectivity index is 2.73. The van der Waals surface area contributed by atoms with E-state index in [1.54, 1.807) is 0 Å². The third-order valence-corrected chi connectivity index (χ3v) is 3.22. The summed E-state index contributed by atoms with van der Waals surface area (Å²) in [5.74, 6) is 0.528. The maximum Gasteiger partial charge on any atom is 0.0705 e. The number of fused-ring (bicyclic) bond motifs is 1. The SMILES string of the molecule is CC(C)c1cnc2cccc(C(C)(C)C)c2c1. The highest BCUT2D eigenvalue weighted by molar-refractivity contribution is 5.83. The molecule has 0 aliphatic rings. The Labute approximate surface area is 104 Å². The highest BCUT2D eigenvalue weighted by Gasteiger charge is 2.17. The van der Waals surface area contributed by atoms with Gasteiger partial charge in [0.1, 0.15) is 0 Å². The molecule has 2 aromatic rings. The zero-order chi connectivity index (χ0) is 12.6. The molecule has 0 spiro atoms. The number of benzene rings is 1. The lowest BCUT2D eigenvalue weighted by Crippen LogP contribution is -2.11. The lowest BCUT2D eigenvalue weighted by atomic mass is 9.84. The Morgan fingerprint density at radius 3 is 2.41 bits per heavy atom. The number of nitrogens with zero attached hydrogens (tertiary/aromatic N) is 1. The lowest BCUT2D eigenvalue weighted by molar-refractivity contribution is 0.595. The van der Waals surface area contributed by atoms with Crippen molar-refractivity contribution in [3.63, 3.8) is 0 Å². The van der Waals surface area contributed by atoms with Crippen molar-refractivity contribution in [1.29, 1.82) is 0 Å². The van der Waals surface area contributed by atoms with Gasteiger partial charge < -0.3 is 0 Å². The maximum absolute atomic E-state index is 4.58. The lowest BCUT2D eigenvalue weighted by Gasteiger charge is -2.21. The molecular formula is C16H21N. The molecule has 1 nitrogen and oxygen atoms in total. The summed E-state index contributed by atoms with van der Waals surface area (Å²) in [5, 5.41) is 1.30. The topological polar surface area (TPSA) is 12.9 Å². The van der Waals surface area contributed by atoms with Gasteiger partial charge in [-0.3, -0.25) is 4.98 Å². The van der Waals surface area contributed by atoms with E-state index in [9.17, 15) is 0 Å². The number of hydrogen-bond donors (Lipinski definition) is 0. The summed E-state index contributed by atoms with van der Waals surface area (Å²) in [7, 11) is 0. The van der Waals surface area contributed by atoms with Crippen LogP contribution in [0.4, 0.5) is 0 Å². The van der Waals surface area contributed by atoms with E-state index < -0.39 is 0 Å². The number of rotatable bonds is 1. The zero-order valence-electron chi connectivity index (χ0n) is 11.4. The summed E-state index contributed by atoms with van der Waals surface area (Å²) in [6, 6.07) is 8.71. The molecule has 1 aromatic heterocycles. The van der Waals surface area contributed by atoms with Gasteiger partial charge in [-0.1, -0.05) is 46.8 Å². The second-order valence-corrected chi connectivity index (χ2v) is 6.05. The molecule has 0 radical (unpaired) electrons. The van der Waals surface area contributed by atoms with Crippen molar-refractivity contribution in [2.45, 2.75) is 46.0 Å². The molecule has 0 atom stereocenters. The van der Waals surface area contributed by atoms with Crippen LogP contribution in [0.5, 0.6) is 0 Å². The fraction of sp³-hybridized carbons (Fsp3) is 0.438. The van der Waals surface area contributed by atoms with E-state index in [1.807, 2.05) is 6.20 Å². The molecule has 0 saturated heterocycles. The van der Waals surface area contributed by atoms with Gasteiger partial charge in [-0.15, -0.1) is 0 Å². The Bertz CT molecular complexity index is 533. The average molecular weight is 227 g/mol. The van der Waals surface area contributed by atoms with Crippen molar-refractivity contribution in [3.05, 3.63) is 41.6 Å². The van der Waals surface area contributed by atoms with Crippen molar-refractivity contribution in [2.75, 3.05) is 0 Å². The second kappa shape index (κ2) is 4.14. The van der Waals surface area contributed by atoms with Crippen molar-refractivity contribution in [2.24, 2.45) is 0 Å². The van der Waals surface area contributed by atoms with Crippen molar-refractivity contribution in [3.8, 4) is 0 Å². The molecule has 0 fully saturated rings. The van der Waals surface area contributed by atoms with Crippen molar-refractivity contribution in [1.82, 2.24) is 4.98 Å². The molecule has 0 amide bonds. The molecule has 1 aromatic carbocycles. The van der Waals surface area contributed by atoms with E-state index in [1.165, 1.54) is 16.5 Å². The van der Waals surface area contributed by atoms with E-state index in [4.69, 9.17) is 0 Å². The van der Waals surface area contributed by atoms with Crippen molar-refractivity contribution < 1.29 is 0 Å². The van der Waals surface area contributed by atoms with Crippen molar-refractivity contribution >= 4 is 10.9 Å². The molecule has 0 aliphatic heterocycles. The van der Waals surface area contributed by atoms with E-state index in [0.717, 1.165) is 5.52 Å². The third-order valence-electron chi connectivity index (χ3n) is 3.22. The predicted molar refractivity (Wildman–Crippen MR) is 74.5 cm³/mol. The molecule has 0 N–H and O–H groups in total. The first-order chi connectivity index (χ1) is 7.89. The van der Waals surface area contributed by atoms with Gasteiger partial charge in [0.15, 0.2) is 0 Å². The number of pyridine rings is 1. The molecule has 90 valence electrons. The maximum atomic E-state index is 4.58. The van der Waals surface area contributed by atoms with Crippen LogP contribution in [0.2, 0.25) is 0 Å². The Hall–Kier alpha value is -1.37. The summed E-state index contributed by atoms with van der Waals surface area (Å²) in [4.78, 5) is 4.58. The summed E-state index contributed by atoms with van der Waals surface area (Å²) in [5.41, 5.74) is 3.96. The van der Waals surface area contributed by atoms with Gasteiger partial charge in [-0.25, -0.2) is 0 Å². The summed E-state index contributed by atoms with van der Waals surface area (Å²) in [6.45, 7) is 11.2.